The van der Waals surface area contributed by atoms with Crippen LogP contribution in [0.25, 0.3) is 0 Å². The molecule has 1 saturated heterocycles. The summed E-state index contributed by atoms with van der Waals surface area (Å²) in [5.74, 6) is 0.0814. The number of nitriles is 1. The van der Waals surface area contributed by atoms with E-state index in [-0.39, 0.29) is 13.2 Å². The van der Waals surface area contributed by atoms with E-state index in [2.05, 4.69) is 5.32 Å². The summed E-state index contributed by atoms with van der Waals surface area (Å²) in [6, 6.07) is 6.85. The first-order valence-corrected chi connectivity index (χ1v) is 5.63. The van der Waals surface area contributed by atoms with Crippen molar-refractivity contribution in [2.45, 2.75) is 0 Å². The van der Waals surface area contributed by atoms with Gasteiger partial charge in [-0.15, -0.1) is 0 Å². The van der Waals surface area contributed by atoms with Gasteiger partial charge in [0.1, 0.15) is 5.75 Å². The lowest BCUT2D eigenvalue weighted by molar-refractivity contribution is -0.144. The van der Waals surface area contributed by atoms with Gasteiger partial charge < -0.3 is 14.8 Å². The Balaban J connectivity index is 2.21. The highest BCUT2D eigenvalue weighted by Crippen LogP contribution is 2.32. The first-order valence-electron chi connectivity index (χ1n) is 5.25. The van der Waals surface area contributed by atoms with Crippen LogP contribution in [0.4, 0.5) is 5.69 Å². The number of benzene rings is 1. The normalized spacial score (nSPS) is 16.3. The van der Waals surface area contributed by atoms with Crippen molar-refractivity contribution in [2.24, 2.45) is 5.41 Å². The van der Waals surface area contributed by atoms with E-state index >= 15 is 0 Å². The number of anilines is 1. The lowest BCUT2D eigenvalue weighted by Crippen LogP contribution is -2.50. The van der Waals surface area contributed by atoms with E-state index in [1.165, 1.54) is 7.11 Å². The summed E-state index contributed by atoms with van der Waals surface area (Å²) in [6.45, 7) is 0.219. The van der Waals surface area contributed by atoms with Gasteiger partial charge in [0.05, 0.1) is 32.1 Å². The monoisotopic (exact) mass is 266 g/mol. The summed E-state index contributed by atoms with van der Waals surface area (Å²) < 4.78 is 10.0. The molecule has 1 aliphatic rings. The number of nitrogens with one attached hydrogen (secondary N) is 1. The summed E-state index contributed by atoms with van der Waals surface area (Å²) in [4.78, 5) is 12.0. The molecule has 1 N–H and O–H groups in total. The fraction of sp³-hybridized carbons (Fsp3) is 0.333. The largest absolute Gasteiger partial charge is 0.495 e. The van der Waals surface area contributed by atoms with Gasteiger partial charge in [0.2, 0.25) is 5.91 Å². The Morgan fingerprint density at radius 1 is 1.61 bits per heavy atom. The number of amides is 1. The zero-order valence-electron chi connectivity index (χ0n) is 9.70. The number of methoxy groups -OCH3 is 1. The number of carbonyl (C=O) groups excluding carboxylic acids is 1. The lowest BCUT2D eigenvalue weighted by atomic mass is 9.87. The van der Waals surface area contributed by atoms with E-state index in [0.29, 0.717) is 16.5 Å². The second-order valence-corrected chi connectivity index (χ2v) is 4.42. The number of carbonyl (C=O) groups is 1. The summed E-state index contributed by atoms with van der Waals surface area (Å²) in [6.07, 6.45) is 0. The van der Waals surface area contributed by atoms with Gasteiger partial charge in [-0.2, -0.15) is 5.26 Å². The van der Waals surface area contributed by atoms with E-state index in [9.17, 15) is 4.79 Å². The molecule has 94 valence electrons. The van der Waals surface area contributed by atoms with Gasteiger partial charge in [-0.25, -0.2) is 0 Å². The van der Waals surface area contributed by atoms with Crippen molar-refractivity contribution < 1.29 is 14.3 Å². The van der Waals surface area contributed by atoms with Crippen molar-refractivity contribution in [3.8, 4) is 11.8 Å². The van der Waals surface area contributed by atoms with E-state index in [0.717, 1.165) is 0 Å². The molecule has 1 aromatic carbocycles. The third-order valence-corrected chi connectivity index (χ3v) is 2.99. The molecule has 1 amide bonds. The first kappa shape index (κ1) is 12.7. The van der Waals surface area contributed by atoms with E-state index in [4.69, 9.17) is 26.3 Å². The SMILES string of the molecule is COc1ccc(Cl)cc1NC(=O)C1(C#N)COC1. The minimum Gasteiger partial charge on any atom is -0.495 e. The molecule has 0 aliphatic carbocycles. The van der Waals surface area contributed by atoms with Crippen LogP contribution in [-0.4, -0.2) is 26.2 Å². The van der Waals surface area contributed by atoms with Crippen molar-refractivity contribution in [1.82, 2.24) is 0 Å². The van der Waals surface area contributed by atoms with Crippen molar-refractivity contribution in [3.63, 3.8) is 0 Å². The van der Waals surface area contributed by atoms with Gasteiger partial charge in [0, 0.05) is 5.02 Å². The van der Waals surface area contributed by atoms with Crippen LogP contribution in [0.3, 0.4) is 0 Å². The maximum absolute atomic E-state index is 12.0. The predicted octanol–water partition coefficient (Wildman–Crippen LogP) is 1.83. The molecular weight excluding hydrogens is 256 g/mol. The van der Waals surface area contributed by atoms with Crippen LogP contribution in [0, 0.1) is 16.7 Å². The molecule has 2 rings (SSSR count). The smallest absolute Gasteiger partial charge is 0.249 e. The third kappa shape index (κ3) is 2.13. The molecule has 1 aromatic rings. The Kier molecular flexibility index (Phi) is 3.41. The minimum atomic E-state index is -1.10. The van der Waals surface area contributed by atoms with Crippen LogP contribution in [0.1, 0.15) is 0 Å². The van der Waals surface area contributed by atoms with Crippen LogP contribution in [-0.2, 0) is 9.53 Å². The molecule has 0 aromatic heterocycles. The highest BCUT2D eigenvalue weighted by Gasteiger charge is 2.46. The van der Waals surface area contributed by atoms with Gasteiger partial charge in [0.25, 0.3) is 0 Å². The molecule has 0 bridgehead atoms. The highest BCUT2D eigenvalue weighted by atomic mass is 35.5. The molecular formula is C12H11ClN2O3. The zero-order valence-corrected chi connectivity index (χ0v) is 10.5. The maximum Gasteiger partial charge on any atom is 0.249 e. The second kappa shape index (κ2) is 4.84. The second-order valence-electron chi connectivity index (χ2n) is 3.99. The standard InChI is InChI=1S/C12H11ClN2O3/c1-17-10-3-2-8(13)4-9(10)15-11(16)12(5-14)6-18-7-12/h2-4H,6-7H2,1H3,(H,15,16). The van der Waals surface area contributed by atoms with Gasteiger partial charge in [-0.1, -0.05) is 11.6 Å². The van der Waals surface area contributed by atoms with Gasteiger partial charge in [-0.3, -0.25) is 4.79 Å². The average Bonchev–Trinajstić information content (AvgIpc) is 2.28. The Hall–Kier alpha value is -1.77. The molecule has 0 spiro atoms. The van der Waals surface area contributed by atoms with Crippen LogP contribution < -0.4 is 10.1 Å². The Morgan fingerprint density at radius 2 is 2.33 bits per heavy atom. The molecule has 0 radical (unpaired) electrons. The lowest BCUT2D eigenvalue weighted by Gasteiger charge is -2.33. The van der Waals surface area contributed by atoms with Crippen molar-refractivity contribution in [1.29, 1.82) is 5.26 Å². The fourth-order valence-electron chi connectivity index (χ4n) is 1.57. The molecule has 0 saturated carbocycles. The van der Waals surface area contributed by atoms with E-state index in [1.54, 1.807) is 18.2 Å². The fourth-order valence-corrected chi connectivity index (χ4v) is 1.74. The molecule has 0 unspecified atom stereocenters. The van der Waals surface area contributed by atoms with Crippen molar-refractivity contribution >= 4 is 23.2 Å². The van der Waals surface area contributed by atoms with E-state index in [1.807, 2.05) is 6.07 Å². The van der Waals surface area contributed by atoms with Crippen LogP contribution in [0.15, 0.2) is 18.2 Å². The zero-order chi connectivity index (χ0) is 13.2. The number of nitrogens with zero attached hydrogens (tertiary/aromatic N) is 1. The van der Waals surface area contributed by atoms with Gasteiger partial charge >= 0.3 is 0 Å². The summed E-state index contributed by atoms with van der Waals surface area (Å²) in [5, 5.41) is 12.1. The van der Waals surface area contributed by atoms with Crippen molar-refractivity contribution in [3.05, 3.63) is 23.2 Å². The Bertz CT molecular complexity index is 521. The molecule has 1 fully saturated rings. The topological polar surface area (TPSA) is 71.3 Å². The summed E-state index contributed by atoms with van der Waals surface area (Å²) in [7, 11) is 1.49. The highest BCUT2D eigenvalue weighted by molar-refractivity contribution is 6.31. The number of halogens is 1. The van der Waals surface area contributed by atoms with Crippen molar-refractivity contribution in [2.75, 3.05) is 25.6 Å². The minimum absolute atomic E-state index is 0.109. The summed E-state index contributed by atoms with van der Waals surface area (Å²) >= 11 is 5.86. The molecule has 1 heterocycles. The number of hydrogen-bond donors (Lipinski definition) is 1. The van der Waals surface area contributed by atoms with Gasteiger partial charge in [0.15, 0.2) is 5.41 Å². The number of hydrogen-bond acceptors (Lipinski definition) is 4. The Labute approximate surface area is 109 Å². The van der Waals surface area contributed by atoms with Crippen LogP contribution >= 0.6 is 11.6 Å². The summed E-state index contributed by atoms with van der Waals surface area (Å²) in [5.41, 5.74) is -0.663. The maximum atomic E-state index is 12.0. The predicted molar refractivity (Wildman–Crippen MR) is 65.5 cm³/mol. The number of ether oxygens (including phenoxy) is 2. The number of rotatable bonds is 3. The van der Waals surface area contributed by atoms with Gasteiger partial charge in [-0.05, 0) is 18.2 Å². The molecule has 5 nitrogen and oxygen atoms in total. The molecule has 0 atom stereocenters. The first-order chi connectivity index (χ1) is 8.61. The molecule has 6 heteroatoms. The van der Waals surface area contributed by atoms with Crippen LogP contribution in [0.5, 0.6) is 5.75 Å². The van der Waals surface area contributed by atoms with E-state index < -0.39 is 11.3 Å². The van der Waals surface area contributed by atoms with Crippen LogP contribution in [0.2, 0.25) is 5.02 Å². The molecule has 18 heavy (non-hydrogen) atoms. The average molecular weight is 267 g/mol. The quantitative estimate of drug-likeness (QED) is 0.906. The Morgan fingerprint density at radius 3 is 2.83 bits per heavy atom. The molecule has 1 aliphatic heterocycles. The third-order valence-electron chi connectivity index (χ3n) is 2.76.